The maximum Gasteiger partial charge on any atom is 0.364 e. The molecule has 6 heterocycles. The van der Waals surface area contributed by atoms with Gasteiger partial charge in [-0.05, 0) is 6.92 Å². The van der Waals surface area contributed by atoms with Gasteiger partial charge in [0.05, 0.1) is 70.5 Å². The van der Waals surface area contributed by atoms with Crippen molar-refractivity contribution in [3.63, 3.8) is 0 Å². The molecule has 41 heteroatoms. The number of amides is 3. The summed E-state index contributed by atoms with van der Waals surface area (Å²) in [4.78, 5) is 50.7. The Balaban J connectivity index is 1.31. The quantitative estimate of drug-likeness (QED) is 0.0346. The van der Waals surface area contributed by atoms with Gasteiger partial charge < -0.3 is 185 Å². The van der Waals surface area contributed by atoms with Crippen molar-refractivity contribution >= 4 is 23.7 Å². The van der Waals surface area contributed by atoms with Gasteiger partial charge in [0, 0.05) is 27.2 Å². The average molecular weight is 1350 g/mol. The Morgan fingerprint density at radius 1 is 0.500 bits per heavy atom. The van der Waals surface area contributed by atoms with E-state index in [1.54, 1.807) is 0 Å². The van der Waals surface area contributed by atoms with Gasteiger partial charge >= 0.3 is 5.97 Å². The summed E-state index contributed by atoms with van der Waals surface area (Å²) in [5.74, 6) is -7.92. The predicted molar refractivity (Wildman–Crippen MR) is 285 cm³/mol. The molecule has 0 aromatic heterocycles. The van der Waals surface area contributed by atoms with Crippen molar-refractivity contribution in [3.05, 3.63) is 0 Å². The Labute approximate surface area is 521 Å². The molecule has 6 saturated heterocycles. The molecule has 6 fully saturated rings. The van der Waals surface area contributed by atoms with Gasteiger partial charge in [-0.1, -0.05) is 0 Å². The smallest absolute Gasteiger partial charge is 0.364 e. The fourth-order valence-corrected chi connectivity index (χ4v) is 11.3. The Morgan fingerprint density at radius 2 is 0.978 bits per heavy atom. The Bertz CT molecular complexity index is 2340. The van der Waals surface area contributed by atoms with Crippen LogP contribution in [0.3, 0.4) is 0 Å². The Hall–Kier alpha value is -3.44. The number of hydrogen-bond donors (Lipinski definition) is 25. The molecular formula is C51H87N3O38. The van der Waals surface area contributed by atoms with Crippen molar-refractivity contribution in [1.82, 2.24) is 16.0 Å². The second kappa shape index (κ2) is 33.7. The summed E-state index contributed by atoms with van der Waals surface area (Å²) in [5, 5.41) is 245. The zero-order valence-electron chi connectivity index (χ0n) is 49.7. The number of aliphatic carboxylic acids is 1. The van der Waals surface area contributed by atoms with Gasteiger partial charge in [-0.25, -0.2) is 4.79 Å². The minimum atomic E-state index is -3.11. The number of aliphatic hydroxyl groups is 21. The van der Waals surface area contributed by atoms with Crippen LogP contribution in [0.25, 0.3) is 0 Å². The van der Waals surface area contributed by atoms with E-state index in [4.69, 9.17) is 56.8 Å². The highest BCUT2D eigenvalue weighted by Gasteiger charge is 2.60. The molecule has 0 aromatic carbocycles. The number of rotatable bonds is 28. The second-order valence-electron chi connectivity index (χ2n) is 23.0. The lowest BCUT2D eigenvalue weighted by molar-refractivity contribution is -0.394. The molecule has 6 aliphatic rings. The molecule has 92 heavy (non-hydrogen) atoms. The number of carbonyl (C=O) groups excluding carboxylic acids is 3. The second-order valence-corrected chi connectivity index (χ2v) is 23.0. The van der Waals surface area contributed by atoms with Crippen molar-refractivity contribution in [2.45, 2.75) is 248 Å². The predicted octanol–water partition coefficient (Wildman–Crippen LogP) is -16.0. The molecule has 0 saturated carbocycles. The van der Waals surface area contributed by atoms with Gasteiger partial charge in [-0.15, -0.1) is 0 Å². The summed E-state index contributed by atoms with van der Waals surface area (Å²) in [5.41, 5.74) is 0. The molecule has 35 atom stereocenters. The van der Waals surface area contributed by atoms with E-state index in [-0.39, 0.29) is 0 Å². The van der Waals surface area contributed by atoms with E-state index in [0.29, 0.717) is 0 Å². The maximum absolute atomic E-state index is 13.2. The highest BCUT2D eigenvalue weighted by atomic mass is 16.8. The molecular weight excluding hydrogens is 1260 g/mol. The van der Waals surface area contributed by atoms with E-state index in [1.807, 2.05) is 0 Å². The largest absolute Gasteiger partial charge is 0.477 e. The normalized spacial score (nSPS) is 44.0. The lowest BCUT2D eigenvalue weighted by Gasteiger charge is -2.52. The first kappa shape index (κ1) is 77.6. The summed E-state index contributed by atoms with van der Waals surface area (Å²) in [6.07, 6.45) is -65.4. The van der Waals surface area contributed by atoms with Crippen LogP contribution >= 0.6 is 0 Å². The zero-order valence-corrected chi connectivity index (χ0v) is 49.7. The maximum atomic E-state index is 13.2. The van der Waals surface area contributed by atoms with Crippen LogP contribution in [-0.4, -0.2) is 396 Å². The number of carboxylic acids is 1. The number of carboxylic acid groups (broad SMARTS) is 1. The topological polar surface area (TPSA) is 660 Å². The third-order valence-corrected chi connectivity index (χ3v) is 16.3. The van der Waals surface area contributed by atoms with E-state index in [9.17, 15) is 132 Å². The Kier molecular flexibility index (Phi) is 28.4. The lowest BCUT2D eigenvalue weighted by atomic mass is 9.88. The molecule has 0 aliphatic carbocycles. The van der Waals surface area contributed by atoms with Gasteiger partial charge in [0.1, 0.15) is 153 Å². The highest BCUT2D eigenvalue weighted by Crippen LogP contribution is 2.39. The van der Waals surface area contributed by atoms with Crippen LogP contribution in [0.15, 0.2) is 0 Å². The number of ether oxygens (including phenoxy) is 12. The number of hydrogen-bond acceptors (Lipinski definition) is 37. The summed E-state index contributed by atoms with van der Waals surface area (Å²) in [7, 11) is 0. The monoisotopic (exact) mass is 1350 g/mol. The summed E-state index contributed by atoms with van der Waals surface area (Å²) in [6.45, 7) is -4.04. The van der Waals surface area contributed by atoms with Gasteiger partial charge in [0.15, 0.2) is 31.5 Å². The molecule has 41 nitrogen and oxygen atoms in total. The lowest BCUT2D eigenvalue weighted by Crippen LogP contribution is -2.71. The van der Waals surface area contributed by atoms with Crippen LogP contribution in [0, 0.1) is 0 Å². The van der Waals surface area contributed by atoms with Gasteiger partial charge in [-0.2, -0.15) is 0 Å². The van der Waals surface area contributed by atoms with Crippen LogP contribution < -0.4 is 16.0 Å². The first-order valence-corrected chi connectivity index (χ1v) is 29.0. The highest BCUT2D eigenvalue weighted by molar-refractivity contribution is 5.77. The SMILES string of the molecule is CC(=O)N[C@H]1[C@H](O[C@H]2[C@@H](O)[C@@H](CO)O[C@@H](O[C@@H]([C@@H](O)[C@H](O)CO[C@]3(C(=O)O)C[C@H](O)[C@@H](NC(C)=O)[C@H]([C@H](O)[C@H](O)CO)O3)[C@H](CO)NC(C)=O)[C@@H]2O)O[C@H](CO)[C@@H](O[C@@H]2O[C@H](CO)[C@H](O[C@@H]3O[C@H](CO)[C@H](O)[C@H](O)[C@H]3O)[C@H](O)[C@H]2O)[C@@H]1O[C@@H]1O[C@@H](C)[C@@H](O)[C@@H](O)[C@@H]1O. The number of nitrogens with one attached hydrogen (secondary N) is 3. The van der Waals surface area contributed by atoms with Gasteiger partial charge in [0.2, 0.25) is 17.7 Å². The van der Waals surface area contributed by atoms with E-state index >= 15 is 0 Å². The molecule has 534 valence electrons. The molecule has 0 bridgehead atoms. The summed E-state index contributed by atoms with van der Waals surface area (Å²) in [6, 6.07) is -5.51. The standard InChI is InChI=1S/C51H87N3O38/c1-13-27(67)32(72)35(75)46(82-13)90-43-26(54-16(4)63)45(85-24(11-60)41(43)89-48-37(77)34(74)40(23(10-59)86-48)88-47-36(76)33(73)30(70)21(8-57)83-47)91-44-31(71)22(9-58)84-49(38(44)78)87-39(17(6-55)52-14(2)61)29(69)20(66)12-81-51(50(79)80)5-18(64)25(53-15(3)62)42(92-51)28(68)19(65)7-56/h13,17-49,55-60,64-78H,5-12H2,1-4H3,(H,52,61)(H,53,62)(H,54,63)(H,79,80)/t13-,17-,18-,19+,20+,21+,22+,23+,24+,25+,26+,27+,28+,29-,30-,31-,32+,33-,34+,35-,36+,37+,38+,39+,40-,41+,42+,43+,44-,45-,46-,47-,48-,49-,51+/m0/s1. The van der Waals surface area contributed by atoms with Crippen LogP contribution in [0.1, 0.15) is 34.1 Å². The molecule has 25 N–H and O–H groups in total. The van der Waals surface area contributed by atoms with E-state index in [2.05, 4.69) is 16.0 Å². The minimum absolute atomic E-state index is 0.833. The van der Waals surface area contributed by atoms with Crippen LogP contribution in [0.4, 0.5) is 0 Å². The molecule has 0 unspecified atom stereocenters. The zero-order chi connectivity index (χ0) is 68.7. The molecule has 3 amide bonds. The first-order chi connectivity index (χ1) is 43.2. The third-order valence-electron chi connectivity index (χ3n) is 16.3. The van der Waals surface area contributed by atoms with Gasteiger partial charge in [0.25, 0.3) is 5.79 Å². The van der Waals surface area contributed by atoms with Crippen molar-refractivity contribution < 1.29 is 188 Å². The van der Waals surface area contributed by atoms with Crippen LogP contribution in [-0.2, 0) is 76.0 Å². The van der Waals surface area contributed by atoms with Crippen LogP contribution in [0.5, 0.6) is 0 Å². The Morgan fingerprint density at radius 3 is 1.52 bits per heavy atom. The summed E-state index contributed by atoms with van der Waals surface area (Å²) >= 11 is 0. The van der Waals surface area contributed by atoms with E-state index in [0.717, 1.165) is 20.8 Å². The van der Waals surface area contributed by atoms with Crippen LogP contribution in [0.2, 0.25) is 0 Å². The first-order valence-electron chi connectivity index (χ1n) is 29.0. The molecule has 0 radical (unpaired) electrons. The van der Waals surface area contributed by atoms with Gasteiger partial charge in [-0.3, -0.25) is 14.4 Å². The molecule has 6 aliphatic heterocycles. The minimum Gasteiger partial charge on any atom is -0.477 e. The molecule has 0 aromatic rings. The summed E-state index contributed by atoms with van der Waals surface area (Å²) < 4.78 is 69.6. The number of aliphatic hydroxyl groups excluding tert-OH is 21. The fourth-order valence-electron chi connectivity index (χ4n) is 11.3. The van der Waals surface area contributed by atoms with E-state index in [1.165, 1.54) is 6.92 Å². The number of carbonyl (C=O) groups is 4. The molecule has 0 spiro atoms. The fraction of sp³-hybridized carbons (Fsp3) is 0.922. The molecule has 6 rings (SSSR count). The third kappa shape index (κ3) is 17.4. The van der Waals surface area contributed by atoms with Crippen molar-refractivity contribution in [1.29, 1.82) is 0 Å². The van der Waals surface area contributed by atoms with E-state index < -0.39 is 290 Å². The van der Waals surface area contributed by atoms with Crippen molar-refractivity contribution in [3.8, 4) is 0 Å². The average Bonchev–Trinajstić information content (AvgIpc) is 0.805. The van der Waals surface area contributed by atoms with Crippen molar-refractivity contribution in [2.24, 2.45) is 0 Å². The van der Waals surface area contributed by atoms with Crippen molar-refractivity contribution in [2.75, 3.05) is 46.2 Å².